The molecule has 0 N–H and O–H groups in total. The molecule has 0 amide bonds. The average molecular weight is 469 g/mol. The van der Waals surface area contributed by atoms with E-state index in [4.69, 9.17) is 0 Å². The summed E-state index contributed by atoms with van der Waals surface area (Å²) in [6.45, 7) is 25.1. The summed E-state index contributed by atoms with van der Waals surface area (Å²) in [5, 5.41) is 0. The van der Waals surface area contributed by atoms with Gasteiger partial charge >= 0.3 is 0 Å². The Kier molecular flexibility index (Phi) is 9.69. The van der Waals surface area contributed by atoms with Gasteiger partial charge in [0.15, 0.2) is 11.6 Å². The lowest BCUT2D eigenvalue weighted by Crippen LogP contribution is -2.39. The van der Waals surface area contributed by atoms with Gasteiger partial charge in [-0.2, -0.15) is 0 Å². The molecule has 0 unspecified atom stereocenters. The van der Waals surface area contributed by atoms with Crippen molar-refractivity contribution in [3.05, 3.63) is 82.5 Å². The topological polar surface area (TPSA) is 0 Å². The third-order valence-corrected chi connectivity index (χ3v) is 8.12. The Bertz CT molecular complexity index is 935. The molecular formula is C32H46F2. The van der Waals surface area contributed by atoms with Crippen molar-refractivity contribution in [2.45, 2.75) is 106 Å². The number of hydrogen-bond donors (Lipinski definition) is 0. The van der Waals surface area contributed by atoms with Crippen LogP contribution in [0.4, 0.5) is 8.78 Å². The van der Waals surface area contributed by atoms with Gasteiger partial charge in [-0.3, -0.25) is 0 Å². The van der Waals surface area contributed by atoms with Gasteiger partial charge in [0.05, 0.1) is 0 Å². The molecule has 0 atom stereocenters. The van der Waals surface area contributed by atoms with Crippen LogP contribution in [-0.2, 0) is 12.8 Å². The van der Waals surface area contributed by atoms with E-state index in [2.05, 4.69) is 40.5 Å². The van der Waals surface area contributed by atoms with Crippen LogP contribution in [-0.4, -0.2) is 0 Å². The van der Waals surface area contributed by atoms with Crippen LogP contribution in [0.15, 0.2) is 59.7 Å². The normalized spacial score (nSPS) is 15.3. The van der Waals surface area contributed by atoms with Crippen molar-refractivity contribution in [1.29, 1.82) is 0 Å². The Morgan fingerprint density at radius 1 is 0.853 bits per heavy atom. The van der Waals surface area contributed by atoms with Crippen molar-refractivity contribution in [1.82, 2.24) is 0 Å². The van der Waals surface area contributed by atoms with Crippen molar-refractivity contribution >= 4 is 0 Å². The van der Waals surface area contributed by atoms with Crippen LogP contribution in [0.2, 0.25) is 0 Å². The minimum Gasteiger partial charge on any atom is -0.203 e. The first kappa shape index (κ1) is 28.3. The van der Waals surface area contributed by atoms with Crippen molar-refractivity contribution in [3.8, 4) is 0 Å². The van der Waals surface area contributed by atoms with Crippen LogP contribution in [0, 0.1) is 22.5 Å². The van der Waals surface area contributed by atoms with Gasteiger partial charge < -0.3 is 0 Å². The molecule has 1 aromatic rings. The van der Waals surface area contributed by atoms with Crippen molar-refractivity contribution in [2.75, 3.05) is 0 Å². The van der Waals surface area contributed by atoms with Crippen LogP contribution >= 0.6 is 0 Å². The molecule has 0 saturated heterocycles. The van der Waals surface area contributed by atoms with Gasteiger partial charge in [0.1, 0.15) is 0 Å². The summed E-state index contributed by atoms with van der Waals surface area (Å²) in [6, 6.07) is 3.63. The second kappa shape index (κ2) is 11.6. The lowest BCUT2D eigenvalue weighted by Gasteiger charge is -2.47. The molecule has 2 rings (SSSR count). The van der Waals surface area contributed by atoms with E-state index in [1.807, 2.05) is 26.8 Å². The van der Waals surface area contributed by atoms with E-state index >= 15 is 8.78 Å². The van der Waals surface area contributed by atoms with Crippen LogP contribution in [0.3, 0.4) is 0 Å². The molecule has 34 heavy (non-hydrogen) atoms. The molecule has 1 aliphatic carbocycles. The molecule has 1 aliphatic rings. The lowest BCUT2D eigenvalue weighted by atomic mass is 9.57. The van der Waals surface area contributed by atoms with Crippen molar-refractivity contribution < 1.29 is 8.78 Å². The molecule has 0 bridgehead atoms. The fourth-order valence-electron chi connectivity index (χ4n) is 6.31. The quantitative estimate of drug-likeness (QED) is 0.163. The number of benzene rings is 1. The molecule has 0 aliphatic heterocycles. The maximum absolute atomic E-state index is 15.3. The minimum atomic E-state index is -0.665. The minimum absolute atomic E-state index is 0.0783. The third-order valence-electron chi connectivity index (χ3n) is 8.12. The van der Waals surface area contributed by atoms with Crippen LogP contribution in [0.1, 0.15) is 104 Å². The lowest BCUT2D eigenvalue weighted by molar-refractivity contribution is 0.113. The molecule has 0 spiro atoms. The van der Waals surface area contributed by atoms with E-state index in [0.717, 1.165) is 68.1 Å². The number of unbranched alkanes of at least 4 members (excludes halogenated alkanes) is 2. The zero-order valence-corrected chi connectivity index (χ0v) is 22.6. The Labute approximate surface area is 207 Å². The second-order valence-corrected chi connectivity index (χ2v) is 11.4. The molecule has 0 aromatic heterocycles. The maximum Gasteiger partial charge on any atom is 0.162 e. The van der Waals surface area contributed by atoms with E-state index in [9.17, 15) is 0 Å². The smallest absolute Gasteiger partial charge is 0.162 e. The highest BCUT2D eigenvalue weighted by Gasteiger charge is 2.49. The van der Waals surface area contributed by atoms with Gasteiger partial charge in [-0.1, -0.05) is 80.7 Å². The largest absolute Gasteiger partial charge is 0.203 e. The highest BCUT2D eigenvalue weighted by atomic mass is 19.2. The number of allylic oxidation sites excluding steroid dienone is 5. The second-order valence-electron chi connectivity index (χ2n) is 11.4. The fourth-order valence-corrected chi connectivity index (χ4v) is 6.31. The van der Waals surface area contributed by atoms with E-state index in [0.29, 0.717) is 24.0 Å². The van der Waals surface area contributed by atoms with Crippen molar-refractivity contribution in [3.63, 3.8) is 0 Å². The van der Waals surface area contributed by atoms with Gasteiger partial charge in [-0.15, -0.1) is 6.58 Å². The van der Waals surface area contributed by atoms with Gasteiger partial charge in [0, 0.05) is 0 Å². The number of rotatable bonds is 12. The molecule has 0 heterocycles. The van der Waals surface area contributed by atoms with Crippen LogP contribution < -0.4 is 0 Å². The highest BCUT2D eigenvalue weighted by Crippen LogP contribution is 2.58. The zero-order valence-electron chi connectivity index (χ0n) is 22.6. The van der Waals surface area contributed by atoms with Crippen molar-refractivity contribution in [2.24, 2.45) is 10.8 Å². The predicted octanol–water partition coefficient (Wildman–Crippen LogP) is 10.2. The first-order valence-electron chi connectivity index (χ1n) is 13.0. The number of hydrogen-bond acceptors (Lipinski definition) is 0. The van der Waals surface area contributed by atoms with Gasteiger partial charge in [0.2, 0.25) is 0 Å². The Hall–Kier alpha value is -1.96. The Morgan fingerprint density at radius 3 is 1.91 bits per heavy atom. The highest BCUT2D eigenvalue weighted by molar-refractivity contribution is 5.48. The van der Waals surface area contributed by atoms with Gasteiger partial charge in [0.25, 0.3) is 0 Å². The monoisotopic (exact) mass is 468 g/mol. The van der Waals surface area contributed by atoms with E-state index in [1.165, 1.54) is 11.1 Å². The average Bonchev–Trinajstić information content (AvgIpc) is 3.24. The summed E-state index contributed by atoms with van der Waals surface area (Å²) in [5.41, 5.74) is 6.35. The Morgan fingerprint density at radius 2 is 1.38 bits per heavy atom. The molecule has 2 heteroatoms. The van der Waals surface area contributed by atoms with Crippen LogP contribution in [0.25, 0.3) is 0 Å². The van der Waals surface area contributed by atoms with Gasteiger partial charge in [-0.25, -0.2) is 8.78 Å². The van der Waals surface area contributed by atoms with E-state index in [1.54, 1.807) is 6.07 Å². The summed E-state index contributed by atoms with van der Waals surface area (Å²) in [6.07, 6.45) is 9.43. The molecule has 1 aromatic carbocycles. The summed E-state index contributed by atoms with van der Waals surface area (Å²) >= 11 is 0. The molecule has 1 saturated carbocycles. The van der Waals surface area contributed by atoms with Gasteiger partial charge in [-0.05, 0) is 100 Å². The molecular weight excluding hydrogens is 422 g/mol. The summed E-state index contributed by atoms with van der Waals surface area (Å²) in [7, 11) is 0. The standard InChI is InChI=1S/C32H46F2/c1-22(2)15-11-10-12-16-26-17-18-27(30(34)29(26)33)21-31(8,9)32(19-13-14-20-32)25(7)28(23(3)4)24(5)6/h17-18H,1,3,5,10-16,19-21H2,2,4,6-9H3. The van der Waals surface area contributed by atoms with Crippen LogP contribution in [0.5, 0.6) is 0 Å². The molecule has 0 nitrogen and oxygen atoms in total. The fraction of sp³-hybridized carbons (Fsp3) is 0.562. The summed E-state index contributed by atoms with van der Waals surface area (Å²) in [4.78, 5) is 0. The third kappa shape index (κ3) is 6.18. The first-order valence-corrected chi connectivity index (χ1v) is 13.0. The summed E-state index contributed by atoms with van der Waals surface area (Å²) < 4.78 is 30.3. The Balaban J connectivity index is 2.31. The first-order chi connectivity index (χ1) is 15.8. The van der Waals surface area contributed by atoms with E-state index in [-0.39, 0.29) is 10.8 Å². The number of aryl methyl sites for hydroxylation is 1. The molecule has 0 radical (unpaired) electrons. The maximum atomic E-state index is 15.3. The molecule has 1 fully saturated rings. The zero-order chi connectivity index (χ0) is 25.7. The summed E-state index contributed by atoms with van der Waals surface area (Å²) in [5.74, 6) is -1.33. The number of halogens is 2. The SMILES string of the molecule is C=C(C)CCCCCc1ccc(CC(C)(C)C2(C(C)=C(C(=C)C)C(=C)C)CCCC2)c(F)c1F. The molecule has 188 valence electrons. The predicted molar refractivity (Wildman–Crippen MR) is 144 cm³/mol. The van der Waals surface area contributed by atoms with E-state index < -0.39 is 11.6 Å².